The van der Waals surface area contributed by atoms with Gasteiger partial charge < -0.3 is 14.7 Å². The van der Waals surface area contributed by atoms with Crippen LogP contribution in [0.1, 0.15) is 76.7 Å². The van der Waals surface area contributed by atoms with Crippen LogP contribution in [0.25, 0.3) is 0 Å². The Labute approximate surface area is 190 Å². The van der Waals surface area contributed by atoms with Gasteiger partial charge in [0.15, 0.2) is 0 Å². The Kier molecular flexibility index (Phi) is 21.2. The number of hydrogen-bond acceptors (Lipinski definition) is 1. The summed E-state index contributed by atoms with van der Waals surface area (Å²) in [6, 6.07) is 10.9. The molecule has 0 unspecified atom stereocenters. The van der Waals surface area contributed by atoms with E-state index in [0.29, 0.717) is 0 Å². The zero-order valence-corrected chi connectivity index (χ0v) is 15.3. The molecular weight excluding hydrogens is 350 g/mol. The Morgan fingerprint density at radius 3 is 1.54 bits per heavy atom. The summed E-state index contributed by atoms with van der Waals surface area (Å²) in [5.41, 5.74) is 1.50. The number of unbranched alkanes of at least 4 members (excludes halogenated alkanes) is 9. The topological polar surface area (TPSA) is 77.8 Å². The molecule has 0 saturated heterocycles. The Bertz CT molecular complexity index is 400. The quantitative estimate of drug-likeness (QED) is 0.297. The van der Waals surface area contributed by atoms with Crippen LogP contribution in [0, 0.1) is 0 Å². The average Bonchev–Trinajstić information content (AvgIpc) is 2.48. The van der Waals surface area contributed by atoms with Crippen molar-refractivity contribution in [3.05, 3.63) is 35.9 Å². The summed E-state index contributed by atoms with van der Waals surface area (Å²) in [6.07, 6.45) is 15.5. The van der Waals surface area contributed by atoms with E-state index in [0.717, 1.165) is 0 Å². The van der Waals surface area contributed by atoms with Gasteiger partial charge in [0, 0.05) is 0 Å². The van der Waals surface area contributed by atoms with Crippen LogP contribution in [0.2, 0.25) is 0 Å². The summed E-state index contributed by atoms with van der Waals surface area (Å²) in [5.74, 6) is 0. The molecule has 0 aromatic heterocycles. The maximum atomic E-state index is 8.88. The molecule has 1 aromatic rings. The van der Waals surface area contributed by atoms with Crippen LogP contribution in [0.4, 0.5) is 0 Å². The van der Waals surface area contributed by atoms with Crippen molar-refractivity contribution >= 4 is 59.2 Å². The minimum absolute atomic E-state index is 0. The molecule has 0 amide bonds. The minimum atomic E-state index is -4.64. The van der Waals surface area contributed by atoms with Gasteiger partial charge in [-0.15, -0.1) is 0 Å². The van der Waals surface area contributed by atoms with Gasteiger partial charge in [-0.25, -0.2) is 4.57 Å². The molecule has 0 aliphatic rings. The third kappa shape index (κ3) is 25.2. The summed E-state index contributed by atoms with van der Waals surface area (Å²) in [5, 5.41) is 0. The molecule has 0 spiro atoms. The molecule has 3 N–H and O–H groups in total. The third-order valence-corrected chi connectivity index (χ3v) is 3.66. The van der Waals surface area contributed by atoms with E-state index in [1.807, 2.05) is 0 Å². The molecule has 0 aliphatic carbocycles. The zero-order chi connectivity index (χ0) is 17.4. The van der Waals surface area contributed by atoms with Gasteiger partial charge >= 0.3 is 59.2 Å². The molecule has 0 atom stereocenters. The number of phosphoric acid groups is 1. The summed E-state index contributed by atoms with van der Waals surface area (Å²) in [6.45, 7) is 2.28. The fourth-order valence-electron chi connectivity index (χ4n) is 2.46. The molecule has 0 aliphatic heterocycles. The maximum absolute atomic E-state index is 8.88. The van der Waals surface area contributed by atoms with E-state index in [2.05, 4.69) is 37.3 Å². The molecule has 136 valence electrons. The standard InChI is InChI=1S/C18H30.K.H3O4P.H/c1-2-3-4-5-6-7-8-9-10-12-15-18-16-13-11-14-17-18;;1-5(2,3)4;/h11,13-14,16-17H,2-10,12,15H2,1H3;;(H3,1,2,3,4);. The van der Waals surface area contributed by atoms with Crippen molar-refractivity contribution in [1.82, 2.24) is 0 Å². The van der Waals surface area contributed by atoms with E-state index in [9.17, 15) is 0 Å². The van der Waals surface area contributed by atoms with Gasteiger partial charge in [-0.3, -0.25) is 0 Å². The Hall–Kier alpha value is 0.966. The predicted molar refractivity (Wildman–Crippen MR) is 103 cm³/mol. The van der Waals surface area contributed by atoms with Crippen LogP contribution in [-0.2, 0) is 11.0 Å². The van der Waals surface area contributed by atoms with Crippen LogP contribution in [-0.4, -0.2) is 66.1 Å². The van der Waals surface area contributed by atoms with Gasteiger partial charge in [0.1, 0.15) is 0 Å². The second kappa shape index (κ2) is 18.7. The Balaban J connectivity index is 0. The molecule has 6 heteroatoms. The second-order valence-electron chi connectivity index (χ2n) is 5.93. The molecule has 24 heavy (non-hydrogen) atoms. The van der Waals surface area contributed by atoms with Gasteiger partial charge in [0.2, 0.25) is 0 Å². The Morgan fingerprint density at radius 2 is 1.12 bits per heavy atom. The normalized spacial score (nSPS) is 10.5. The SMILES string of the molecule is CCCCCCCCCCCCc1ccccc1.O=P(O)(O)O.[KH]. The van der Waals surface area contributed by atoms with Crippen LogP contribution in [0.5, 0.6) is 0 Å². The van der Waals surface area contributed by atoms with Gasteiger partial charge in [-0.2, -0.15) is 0 Å². The molecule has 1 aromatic carbocycles. The number of hydrogen-bond donors (Lipinski definition) is 3. The van der Waals surface area contributed by atoms with Crippen LogP contribution < -0.4 is 0 Å². The van der Waals surface area contributed by atoms with Crippen molar-refractivity contribution in [2.24, 2.45) is 0 Å². The number of aryl methyl sites for hydroxylation is 1. The van der Waals surface area contributed by atoms with Crippen molar-refractivity contribution in [3.63, 3.8) is 0 Å². The second-order valence-corrected chi connectivity index (χ2v) is 6.96. The van der Waals surface area contributed by atoms with Crippen LogP contribution in [0.15, 0.2) is 30.3 Å². The monoisotopic (exact) mass is 384 g/mol. The van der Waals surface area contributed by atoms with Crippen molar-refractivity contribution in [3.8, 4) is 0 Å². The average molecular weight is 385 g/mol. The molecule has 0 fully saturated rings. The first-order valence-corrected chi connectivity index (χ1v) is 10.3. The Morgan fingerprint density at radius 1 is 0.750 bits per heavy atom. The fourth-order valence-corrected chi connectivity index (χ4v) is 2.46. The summed E-state index contributed by atoms with van der Waals surface area (Å²) in [7, 11) is -4.64. The molecule has 4 nitrogen and oxygen atoms in total. The summed E-state index contributed by atoms with van der Waals surface area (Å²) in [4.78, 5) is 21.6. The van der Waals surface area contributed by atoms with E-state index < -0.39 is 7.82 Å². The number of benzene rings is 1. The first kappa shape index (κ1) is 27.2. The molecular formula is C18H34KO4P. The predicted octanol–water partition coefficient (Wildman–Crippen LogP) is 4.57. The summed E-state index contributed by atoms with van der Waals surface area (Å²) < 4.78 is 8.88. The van der Waals surface area contributed by atoms with Gasteiger partial charge in [-0.05, 0) is 18.4 Å². The molecule has 0 heterocycles. The zero-order valence-electron chi connectivity index (χ0n) is 14.4. The van der Waals surface area contributed by atoms with Crippen molar-refractivity contribution in [1.29, 1.82) is 0 Å². The van der Waals surface area contributed by atoms with E-state index in [1.165, 1.54) is 76.2 Å². The van der Waals surface area contributed by atoms with Crippen LogP contribution in [0.3, 0.4) is 0 Å². The molecule has 1 rings (SSSR count). The van der Waals surface area contributed by atoms with E-state index in [1.54, 1.807) is 0 Å². The fraction of sp³-hybridized carbons (Fsp3) is 0.667. The number of rotatable bonds is 11. The van der Waals surface area contributed by atoms with Gasteiger partial charge in [0.05, 0.1) is 0 Å². The van der Waals surface area contributed by atoms with Gasteiger partial charge in [-0.1, -0.05) is 95.0 Å². The molecule has 0 saturated carbocycles. The third-order valence-electron chi connectivity index (χ3n) is 3.66. The van der Waals surface area contributed by atoms with Crippen molar-refractivity contribution in [2.45, 2.75) is 77.6 Å². The van der Waals surface area contributed by atoms with Gasteiger partial charge in [0.25, 0.3) is 0 Å². The molecule has 0 bridgehead atoms. The van der Waals surface area contributed by atoms with Crippen molar-refractivity contribution < 1.29 is 19.2 Å². The van der Waals surface area contributed by atoms with E-state index in [4.69, 9.17) is 19.2 Å². The van der Waals surface area contributed by atoms with Crippen molar-refractivity contribution in [2.75, 3.05) is 0 Å². The van der Waals surface area contributed by atoms with Crippen LogP contribution >= 0.6 is 7.82 Å². The first-order chi connectivity index (χ1) is 10.9. The van der Waals surface area contributed by atoms with E-state index >= 15 is 0 Å². The summed E-state index contributed by atoms with van der Waals surface area (Å²) >= 11 is 0. The first-order valence-electron chi connectivity index (χ1n) is 8.75. The van der Waals surface area contributed by atoms with E-state index in [-0.39, 0.29) is 51.4 Å². The molecule has 0 radical (unpaired) electrons.